The third-order valence-corrected chi connectivity index (χ3v) is 2.71. The first-order chi connectivity index (χ1) is 8.97. The van der Waals surface area contributed by atoms with E-state index in [1.807, 2.05) is 0 Å². The molecule has 0 fully saturated rings. The summed E-state index contributed by atoms with van der Waals surface area (Å²) >= 11 is 0. The molecule has 0 aromatic heterocycles. The van der Waals surface area contributed by atoms with Gasteiger partial charge in [-0.1, -0.05) is 6.07 Å². The second kappa shape index (κ2) is 7.06. The predicted octanol–water partition coefficient (Wildman–Crippen LogP) is 0.755. The van der Waals surface area contributed by atoms with E-state index in [4.69, 9.17) is 4.74 Å². The summed E-state index contributed by atoms with van der Waals surface area (Å²) < 4.78 is 18.6. The number of nitrogens with one attached hydrogen (secondary N) is 1. The Morgan fingerprint density at radius 2 is 2.16 bits per heavy atom. The Bertz CT molecular complexity index is 439. The van der Waals surface area contributed by atoms with Gasteiger partial charge in [0.05, 0.1) is 18.8 Å². The number of ether oxygens (including phenoxy) is 1. The average Bonchev–Trinajstić information content (AvgIpc) is 2.37. The maximum Gasteiger partial charge on any atom is 0.216 e. The van der Waals surface area contributed by atoms with Crippen LogP contribution in [0.4, 0.5) is 4.39 Å². The quantitative estimate of drug-likeness (QED) is 0.713. The number of carbonyl (C=O) groups is 1. The maximum atomic E-state index is 13.7. The fourth-order valence-corrected chi connectivity index (χ4v) is 1.73. The molecular weight excluding hydrogens is 253 g/mol. The SMILES string of the molecule is COc1cccc(F)c1C(O)C(O)CCNC(C)=O. The van der Waals surface area contributed by atoms with Crippen molar-refractivity contribution in [2.75, 3.05) is 13.7 Å². The van der Waals surface area contributed by atoms with Crippen LogP contribution in [-0.4, -0.2) is 35.9 Å². The van der Waals surface area contributed by atoms with Gasteiger partial charge in [-0.25, -0.2) is 4.39 Å². The van der Waals surface area contributed by atoms with Crippen LogP contribution in [0.5, 0.6) is 5.75 Å². The molecule has 0 saturated carbocycles. The summed E-state index contributed by atoms with van der Waals surface area (Å²) in [7, 11) is 1.36. The van der Waals surface area contributed by atoms with Crippen molar-refractivity contribution >= 4 is 5.91 Å². The number of amides is 1. The van der Waals surface area contributed by atoms with Gasteiger partial charge in [0.2, 0.25) is 5.91 Å². The number of hydrogen-bond acceptors (Lipinski definition) is 4. The molecule has 19 heavy (non-hydrogen) atoms. The fraction of sp³-hybridized carbons (Fsp3) is 0.462. The van der Waals surface area contributed by atoms with Gasteiger partial charge in [-0.05, 0) is 18.6 Å². The molecule has 106 valence electrons. The van der Waals surface area contributed by atoms with Crippen LogP contribution in [0.15, 0.2) is 18.2 Å². The number of hydrogen-bond donors (Lipinski definition) is 3. The zero-order valence-electron chi connectivity index (χ0n) is 10.9. The molecule has 3 N–H and O–H groups in total. The lowest BCUT2D eigenvalue weighted by Crippen LogP contribution is -2.28. The molecule has 0 aliphatic carbocycles. The lowest BCUT2D eigenvalue weighted by Gasteiger charge is -2.20. The summed E-state index contributed by atoms with van der Waals surface area (Å²) in [5.41, 5.74) is -0.0830. The van der Waals surface area contributed by atoms with Crippen LogP contribution in [-0.2, 0) is 4.79 Å². The van der Waals surface area contributed by atoms with Gasteiger partial charge in [0.25, 0.3) is 0 Å². The summed E-state index contributed by atoms with van der Waals surface area (Å²) in [6.07, 6.45) is -2.50. The smallest absolute Gasteiger partial charge is 0.216 e. The zero-order valence-corrected chi connectivity index (χ0v) is 10.9. The van der Waals surface area contributed by atoms with E-state index in [0.717, 1.165) is 0 Å². The van der Waals surface area contributed by atoms with Crippen LogP contribution < -0.4 is 10.1 Å². The van der Waals surface area contributed by atoms with E-state index in [1.54, 1.807) is 0 Å². The van der Waals surface area contributed by atoms with Gasteiger partial charge >= 0.3 is 0 Å². The number of carbonyl (C=O) groups excluding carboxylic acids is 1. The standard InChI is InChI=1S/C13H18FNO4/c1-8(16)15-7-6-10(17)13(18)12-9(14)4-3-5-11(12)19-2/h3-5,10,13,17-18H,6-7H2,1-2H3,(H,15,16). The second-order valence-corrected chi connectivity index (χ2v) is 4.14. The van der Waals surface area contributed by atoms with Crippen LogP contribution >= 0.6 is 0 Å². The number of rotatable bonds is 6. The van der Waals surface area contributed by atoms with Gasteiger partial charge in [0.15, 0.2) is 0 Å². The number of aliphatic hydroxyl groups is 2. The monoisotopic (exact) mass is 271 g/mol. The highest BCUT2D eigenvalue weighted by molar-refractivity contribution is 5.72. The van der Waals surface area contributed by atoms with Crippen molar-refractivity contribution in [3.63, 3.8) is 0 Å². The van der Waals surface area contributed by atoms with Crippen molar-refractivity contribution in [2.24, 2.45) is 0 Å². The molecule has 6 heteroatoms. The van der Waals surface area contributed by atoms with Crippen molar-refractivity contribution in [3.8, 4) is 5.75 Å². The van der Waals surface area contributed by atoms with Crippen molar-refractivity contribution in [1.82, 2.24) is 5.32 Å². The van der Waals surface area contributed by atoms with Gasteiger partial charge in [0, 0.05) is 13.5 Å². The first-order valence-electron chi connectivity index (χ1n) is 5.90. The minimum Gasteiger partial charge on any atom is -0.496 e. The molecule has 1 aromatic carbocycles. The maximum absolute atomic E-state index is 13.7. The third-order valence-electron chi connectivity index (χ3n) is 2.71. The van der Waals surface area contributed by atoms with E-state index in [1.165, 1.54) is 32.2 Å². The molecule has 0 aliphatic rings. The van der Waals surface area contributed by atoms with Crippen LogP contribution in [0.1, 0.15) is 25.0 Å². The Morgan fingerprint density at radius 3 is 2.74 bits per heavy atom. The predicted molar refractivity (Wildman–Crippen MR) is 67.2 cm³/mol. The molecular formula is C13H18FNO4. The van der Waals surface area contributed by atoms with E-state index in [-0.39, 0.29) is 30.2 Å². The summed E-state index contributed by atoms with van der Waals surface area (Å²) in [5, 5.41) is 22.3. The minimum absolute atomic E-state index is 0.0830. The molecule has 0 saturated heterocycles. The van der Waals surface area contributed by atoms with Crippen molar-refractivity contribution < 1.29 is 24.1 Å². The first-order valence-corrected chi connectivity index (χ1v) is 5.90. The van der Waals surface area contributed by atoms with Gasteiger partial charge in [0.1, 0.15) is 17.7 Å². The molecule has 5 nitrogen and oxygen atoms in total. The molecule has 0 spiro atoms. The normalized spacial score (nSPS) is 13.7. The highest BCUT2D eigenvalue weighted by Gasteiger charge is 2.24. The van der Waals surface area contributed by atoms with Crippen LogP contribution in [0, 0.1) is 5.82 Å². The average molecular weight is 271 g/mol. The minimum atomic E-state index is -1.41. The van der Waals surface area contributed by atoms with Gasteiger partial charge in [-0.3, -0.25) is 4.79 Å². The summed E-state index contributed by atoms with van der Waals surface area (Å²) in [4.78, 5) is 10.7. The number of halogens is 1. The van der Waals surface area contributed by atoms with Gasteiger partial charge in [-0.2, -0.15) is 0 Å². The van der Waals surface area contributed by atoms with Gasteiger partial charge < -0.3 is 20.3 Å². The Labute approximate surface area is 111 Å². The molecule has 1 amide bonds. The topological polar surface area (TPSA) is 78.8 Å². The van der Waals surface area contributed by atoms with E-state index in [9.17, 15) is 19.4 Å². The molecule has 2 atom stereocenters. The molecule has 2 unspecified atom stereocenters. The molecule has 0 aliphatic heterocycles. The summed E-state index contributed by atoms with van der Waals surface area (Å²) in [6, 6.07) is 4.14. The Kier molecular flexibility index (Phi) is 5.72. The third kappa shape index (κ3) is 4.18. The van der Waals surface area contributed by atoms with Crippen molar-refractivity contribution in [3.05, 3.63) is 29.6 Å². The highest BCUT2D eigenvalue weighted by atomic mass is 19.1. The lowest BCUT2D eigenvalue weighted by molar-refractivity contribution is -0.119. The Hall–Kier alpha value is -1.66. The second-order valence-electron chi connectivity index (χ2n) is 4.14. The molecule has 1 aromatic rings. The van der Waals surface area contributed by atoms with Gasteiger partial charge in [-0.15, -0.1) is 0 Å². The number of methoxy groups -OCH3 is 1. The Balaban J connectivity index is 2.76. The molecule has 0 heterocycles. The van der Waals surface area contributed by atoms with Crippen LogP contribution in [0.25, 0.3) is 0 Å². The lowest BCUT2D eigenvalue weighted by atomic mass is 10.0. The first kappa shape index (κ1) is 15.4. The largest absolute Gasteiger partial charge is 0.496 e. The van der Waals surface area contributed by atoms with Crippen LogP contribution in [0.3, 0.4) is 0 Å². The van der Waals surface area contributed by atoms with Crippen molar-refractivity contribution in [1.29, 1.82) is 0 Å². The van der Waals surface area contributed by atoms with Crippen molar-refractivity contribution in [2.45, 2.75) is 25.6 Å². The van der Waals surface area contributed by atoms with E-state index >= 15 is 0 Å². The summed E-state index contributed by atoms with van der Waals surface area (Å²) in [5.74, 6) is -0.707. The van der Waals surface area contributed by atoms with E-state index in [0.29, 0.717) is 0 Å². The molecule has 0 bridgehead atoms. The van der Waals surface area contributed by atoms with Crippen LogP contribution in [0.2, 0.25) is 0 Å². The molecule has 1 rings (SSSR count). The Morgan fingerprint density at radius 1 is 1.47 bits per heavy atom. The highest BCUT2D eigenvalue weighted by Crippen LogP contribution is 2.30. The zero-order chi connectivity index (χ0) is 14.4. The molecule has 0 radical (unpaired) electrons. The number of aliphatic hydroxyl groups excluding tert-OH is 2. The number of benzene rings is 1. The van der Waals surface area contributed by atoms with E-state index < -0.39 is 18.0 Å². The fourth-order valence-electron chi connectivity index (χ4n) is 1.73. The summed E-state index contributed by atoms with van der Waals surface area (Å²) in [6.45, 7) is 1.55. The van der Waals surface area contributed by atoms with E-state index in [2.05, 4.69) is 5.32 Å².